The van der Waals surface area contributed by atoms with Crippen molar-refractivity contribution in [1.29, 1.82) is 0 Å². The van der Waals surface area contributed by atoms with E-state index >= 15 is 0 Å². The first-order valence-corrected chi connectivity index (χ1v) is 7.61. The van der Waals surface area contributed by atoms with Gasteiger partial charge in [-0.05, 0) is 42.3 Å². The topological polar surface area (TPSA) is 66.4 Å². The Kier molecular flexibility index (Phi) is 6.45. The second-order valence-electron chi connectivity index (χ2n) is 5.00. The van der Waals surface area contributed by atoms with Gasteiger partial charge in [-0.25, -0.2) is 4.79 Å². The van der Waals surface area contributed by atoms with Crippen LogP contribution in [-0.4, -0.2) is 23.0 Å². The lowest BCUT2D eigenvalue weighted by Gasteiger charge is -2.17. The summed E-state index contributed by atoms with van der Waals surface area (Å²) in [6.45, 7) is 6.28. The van der Waals surface area contributed by atoms with Crippen LogP contribution in [0.4, 0.5) is 0 Å². The van der Waals surface area contributed by atoms with E-state index in [1.807, 2.05) is 6.92 Å². The smallest absolute Gasteiger partial charge is 0.328 e. The van der Waals surface area contributed by atoms with Gasteiger partial charge in [-0.2, -0.15) is 0 Å². The van der Waals surface area contributed by atoms with Gasteiger partial charge in [-0.3, -0.25) is 4.79 Å². The summed E-state index contributed by atoms with van der Waals surface area (Å²) < 4.78 is 0. The molecule has 0 aliphatic heterocycles. The van der Waals surface area contributed by atoms with Crippen LogP contribution in [0.3, 0.4) is 0 Å². The van der Waals surface area contributed by atoms with Gasteiger partial charge >= 0.3 is 5.97 Å². The Morgan fingerprint density at radius 2 is 2.15 bits per heavy atom. The quantitative estimate of drug-likeness (QED) is 0.758. The minimum atomic E-state index is -1.02. The van der Waals surface area contributed by atoms with Crippen molar-refractivity contribution in [3.8, 4) is 0 Å². The lowest BCUT2D eigenvalue weighted by Crippen LogP contribution is -2.33. The largest absolute Gasteiger partial charge is 0.478 e. The van der Waals surface area contributed by atoms with Gasteiger partial charge in [0, 0.05) is 12.1 Å². The van der Waals surface area contributed by atoms with Gasteiger partial charge < -0.3 is 10.4 Å². The molecule has 0 saturated heterocycles. The number of hydrogen-bond acceptors (Lipinski definition) is 3. The molecule has 0 fully saturated rings. The van der Waals surface area contributed by atoms with Crippen LogP contribution in [-0.2, 0) is 4.79 Å². The summed E-state index contributed by atoms with van der Waals surface area (Å²) >= 11 is 1.32. The zero-order valence-corrected chi connectivity index (χ0v) is 12.9. The van der Waals surface area contributed by atoms with Gasteiger partial charge in [0.1, 0.15) is 0 Å². The molecule has 0 aromatic carbocycles. The summed E-state index contributed by atoms with van der Waals surface area (Å²) in [5, 5.41) is 13.4. The molecule has 2 N–H and O–H groups in total. The number of carbonyl (C=O) groups excluding carboxylic acids is 1. The Morgan fingerprint density at radius 1 is 1.45 bits per heavy atom. The molecule has 2 atom stereocenters. The Bertz CT molecular complexity index is 493. The lowest BCUT2D eigenvalue weighted by atomic mass is 10.0. The zero-order chi connectivity index (χ0) is 15.1. The van der Waals surface area contributed by atoms with Gasteiger partial charge in [0.15, 0.2) is 0 Å². The fourth-order valence-corrected chi connectivity index (χ4v) is 2.70. The molecule has 0 bridgehead atoms. The Balaban J connectivity index is 2.68. The van der Waals surface area contributed by atoms with E-state index in [4.69, 9.17) is 5.11 Å². The molecule has 0 aliphatic rings. The maximum absolute atomic E-state index is 12.2. The van der Waals surface area contributed by atoms with Crippen LogP contribution in [0.15, 0.2) is 17.5 Å². The van der Waals surface area contributed by atoms with E-state index in [0.29, 0.717) is 16.4 Å². The van der Waals surface area contributed by atoms with Crippen LogP contribution in [0.5, 0.6) is 0 Å². The van der Waals surface area contributed by atoms with E-state index in [1.54, 1.807) is 11.4 Å². The van der Waals surface area contributed by atoms with Crippen molar-refractivity contribution in [2.75, 3.05) is 0 Å². The standard InChI is InChI=1S/C15H21NO3S/c1-4-10(2)9-11(3)16-15(19)14-12(7-8-20-14)5-6-13(17)18/h5-8,10-11H,4,9H2,1-3H3,(H,16,19)(H,17,18). The van der Waals surface area contributed by atoms with E-state index in [0.717, 1.165) is 18.9 Å². The van der Waals surface area contributed by atoms with Crippen molar-refractivity contribution in [2.45, 2.75) is 39.7 Å². The highest BCUT2D eigenvalue weighted by atomic mass is 32.1. The van der Waals surface area contributed by atoms with Crippen LogP contribution in [0.1, 0.15) is 48.8 Å². The second kappa shape index (κ2) is 7.85. The van der Waals surface area contributed by atoms with Crippen molar-refractivity contribution in [1.82, 2.24) is 5.32 Å². The van der Waals surface area contributed by atoms with Gasteiger partial charge in [0.2, 0.25) is 0 Å². The Morgan fingerprint density at radius 3 is 2.75 bits per heavy atom. The molecule has 1 aromatic rings. The van der Waals surface area contributed by atoms with Gasteiger partial charge in [0.25, 0.3) is 5.91 Å². The summed E-state index contributed by atoms with van der Waals surface area (Å²) in [6, 6.07) is 1.86. The van der Waals surface area contributed by atoms with E-state index in [1.165, 1.54) is 17.4 Å². The van der Waals surface area contributed by atoms with Crippen molar-refractivity contribution in [2.24, 2.45) is 5.92 Å². The summed E-state index contributed by atoms with van der Waals surface area (Å²) in [5.41, 5.74) is 0.644. The molecule has 2 unspecified atom stereocenters. The van der Waals surface area contributed by atoms with E-state index in [2.05, 4.69) is 19.2 Å². The second-order valence-corrected chi connectivity index (χ2v) is 5.92. The van der Waals surface area contributed by atoms with Crippen molar-refractivity contribution < 1.29 is 14.7 Å². The van der Waals surface area contributed by atoms with Crippen LogP contribution < -0.4 is 5.32 Å². The maximum atomic E-state index is 12.2. The number of hydrogen-bond donors (Lipinski definition) is 2. The third-order valence-corrected chi connectivity index (χ3v) is 4.07. The highest BCUT2D eigenvalue weighted by molar-refractivity contribution is 7.12. The molecule has 1 amide bonds. The summed E-state index contributed by atoms with van der Waals surface area (Å²) in [7, 11) is 0. The molecule has 1 aromatic heterocycles. The molecule has 0 aliphatic carbocycles. The van der Waals surface area contributed by atoms with Crippen molar-refractivity contribution in [3.63, 3.8) is 0 Å². The molecule has 110 valence electrons. The van der Waals surface area contributed by atoms with Gasteiger partial charge in [-0.1, -0.05) is 20.3 Å². The molecule has 0 saturated carbocycles. The highest BCUT2D eigenvalue weighted by Crippen LogP contribution is 2.19. The monoisotopic (exact) mass is 295 g/mol. The molecule has 4 nitrogen and oxygen atoms in total. The third-order valence-electron chi connectivity index (χ3n) is 3.14. The number of aliphatic carboxylic acids is 1. The first-order chi connectivity index (χ1) is 9.43. The normalized spacial score (nSPS) is 14.2. The van der Waals surface area contributed by atoms with Gasteiger partial charge in [0.05, 0.1) is 4.88 Å². The zero-order valence-electron chi connectivity index (χ0n) is 12.1. The first-order valence-electron chi connectivity index (χ1n) is 6.73. The fraction of sp³-hybridized carbons (Fsp3) is 0.467. The summed E-state index contributed by atoms with van der Waals surface area (Å²) in [4.78, 5) is 23.2. The van der Waals surface area contributed by atoms with E-state index in [9.17, 15) is 9.59 Å². The van der Waals surface area contributed by atoms with Crippen LogP contribution in [0.25, 0.3) is 6.08 Å². The van der Waals surface area contributed by atoms with Crippen LogP contribution in [0.2, 0.25) is 0 Å². The molecule has 0 radical (unpaired) electrons. The third kappa shape index (κ3) is 5.17. The van der Waals surface area contributed by atoms with Crippen molar-refractivity contribution in [3.05, 3.63) is 28.0 Å². The molecule has 0 spiro atoms. The van der Waals surface area contributed by atoms with E-state index < -0.39 is 5.97 Å². The van der Waals surface area contributed by atoms with Crippen molar-refractivity contribution >= 4 is 29.3 Å². The predicted octanol–water partition coefficient (Wildman–Crippen LogP) is 3.40. The number of carboxylic acid groups (broad SMARTS) is 1. The minimum Gasteiger partial charge on any atom is -0.478 e. The highest BCUT2D eigenvalue weighted by Gasteiger charge is 2.15. The predicted molar refractivity (Wildman–Crippen MR) is 82.0 cm³/mol. The number of carboxylic acids is 1. The average molecular weight is 295 g/mol. The summed E-state index contributed by atoms with van der Waals surface area (Å²) in [5.74, 6) is -0.589. The Labute approximate surface area is 123 Å². The van der Waals surface area contributed by atoms with Gasteiger partial charge in [-0.15, -0.1) is 11.3 Å². The van der Waals surface area contributed by atoms with Crippen LogP contribution in [0, 0.1) is 5.92 Å². The minimum absolute atomic E-state index is 0.107. The summed E-state index contributed by atoms with van der Waals surface area (Å²) in [6.07, 6.45) is 4.52. The molecular formula is C15H21NO3S. The number of carbonyl (C=O) groups is 2. The number of amides is 1. The maximum Gasteiger partial charge on any atom is 0.328 e. The number of thiophene rings is 1. The first kappa shape index (κ1) is 16.4. The number of rotatable bonds is 7. The molecular weight excluding hydrogens is 274 g/mol. The molecule has 20 heavy (non-hydrogen) atoms. The molecule has 5 heteroatoms. The molecule has 1 rings (SSSR count). The molecule has 1 heterocycles. The Hall–Kier alpha value is -1.62. The fourth-order valence-electron chi connectivity index (χ4n) is 1.91. The SMILES string of the molecule is CCC(C)CC(C)NC(=O)c1sccc1C=CC(=O)O. The average Bonchev–Trinajstić information content (AvgIpc) is 2.84. The van der Waals surface area contributed by atoms with E-state index in [-0.39, 0.29) is 11.9 Å². The number of nitrogens with one attached hydrogen (secondary N) is 1. The van der Waals surface area contributed by atoms with Crippen LogP contribution >= 0.6 is 11.3 Å². The lowest BCUT2D eigenvalue weighted by molar-refractivity contribution is -0.131.